The Kier molecular flexibility index (Phi) is 4.63. The largest absolute Gasteiger partial charge is 0.504 e. The summed E-state index contributed by atoms with van der Waals surface area (Å²) in [6.45, 7) is 2.98. The van der Waals surface area contributed by atoms with Gasteiger partial charge in [-0.25, -0.2) is 0 Å². The van der Waals surface area contributed by atoms with Gasteiger partial charge in [-0.05, 0) is 30.5 Å². The monoisotopic (exact) mass is 264 g/mol. The number of hydrogen-bond acceptors (Lipinski definition) is 4. The van der Waals surface area contributed by atoms with Gasteiger partial charge in [-0.15, -0.1) is 0 Å². The van der Waals surface area contributed by atoms with Gasteiger partial charge in [-0.3, -0.25) is 4.79 Å². The third-order valence-corrected chi connectivity index (χ3v) is 3.34. The third kappa shape index (κ3) is 3.86. The number of hydrogen-bond donors (Lipinski definition) is 3. The molecule has 19 heavy (non-hydrogen) atoms. The summed E-state index contributed by atoms with van der Waals surface area (Å²) in [6, 6.07) is 4.72. The quantitative estimate of drug-likeness (QED) is 0.552. The van der Waals surface area contributed by atoms with Crippen LogP contribution in [0.4, 0.5) is 0 Å². The molecular formula is C14H20N2O3. The predicted molar refractivity (Wildman–Crippen MR) is 71.9 cm³/mol. The van der Waals surface area contributed by atoms with E-state index < -0.39 is 0 Å². The first-order valence-electron chi connectivity index (χ1n) is 6.66. The van der Waals surface area contributed by atoms with E-state index >= 15 is 0 Å². The molecule has 1 aliphatic heterocycles. The SMILES string of the molecule is O=C(CCNCc1ccc(O)c(O)c1)N1CCCC1. The van der Waals surface area contributed by atoms with Gasteiger partial charge >= 0.3 is 0 Å². The van der Waals surface area contributed by atoms with Crippen molar-refractivity contribution >= 4 is 5.91 Å². The van der Waals surface area contributed by atoms with Gasteiger partial charge in [0.1, 0.15) is 0 Å². The van der Waals surface area contributed by atoms with E-state index in [4.69, 9.17) is 0 Å². The highest BCUT2D eigenvalue weighted by Crippen LogP contribution is 2.24. The molecule has 1 aromatic carbocycles. The van der Waals surface area contributed by atoms with Crippen LogP contribution in [0, 0.1) is 0 Å². The Bertz CT molecular complexity index is 442. The lowest BCUT2D eigenvalue weighted by molar-refractivity contribution is -0.130. The zero-order chi connectivity index (χ0) is 13.7. The van der Waals surface area contributed by atoms with Crippen molar-refractivity contribution in [2.75, 3.05) is 19.6 Å². The lowest BCUT2D eigenvalue weighted by Crippen LogP contribution is -2.30. The number of benzene rings is 1. The molecule has 0 spiro atoms. The van der Waals surface area contributed by atoms with E-state index in [1.165, 1.54) is 12.1 Å². The number of rotatable bonds is 5. The van der Waals surface area contributed by atoms with Crippen molar-refractivity contribution < 1.29 is 15.0 Å². The van der Waals surface area contributed by atoms with Crippen molar-refractivity contribution in [3.63, 3.8) is 0 Å². The number of nitrogens with zero attached hydrogens (tertiary/aromatic N) is 1. The average Bonchev–Trinajstić information content (AvgIpc) is 2.92. The second kappa shape index (κ2) is 6.43. The van der Waals surface area contributed by atoms with Crippen molar-refractivity contribution in [1.29, 1.82) is 0 Å². The molecule has 0 aliphatic carbocycles. The van der Waals surface area contributed by atoms with Gasteiger partial charge < -0.3 is 20.4 Å². The number of phenolic OH excluding ortho intramolecular Hbond substituents is 2. The first-order chi connectivity index (χ1) is 9.16. The molecule has 104 valence electrons. The second-order valence-corrected chi connectivity index (χ2v) is 4.84. The molecule has 1 aliphatic rings. The Morgan fingerprint density at radius 2 is 1.95 bits per heavy atom. The van der Waals surface area contributed by atoms with Crippen LogP contribution >= 0.6 is 0 Å². The number of carbonyl (C=O) groups is 1. The van der Waals surface area contributed by atoms with Crippen LogP contribution in [0.5, 0.6) is 11.5 Å². The number of likely N-dealkylation sites (tertiary alicyclic amines) is 1. The van der Waals surface area contributed by atoms with Crippen LogP contribution in [-0.4, -0.2) is 40.7 Å². The summed E-state index contributed by atoms with van der Waals surface area (Å²) in [7, 11) is 0. The lowest BCUT2D eigenvalue weighted by Gasteiger charge is -2.15. The molecule has 1 heterocycles. The minimum absolute atomic E-state index is 0.118. The Balaban J connectivity index is 1.68. The van der Waals surface area contributed by atoms with Gasteiger partial charge in [0.2, 0.25) is 5.91 Å². The fourth-order valence-electron chi connectivity index (χ4n) is 2.23. The summed E-state index contributed by atoms with van der Waals surface area (Å²) in [5.74, 6) is -0.0287. The van der Waals surface area contributed by atoms with Crippen LogP contribution in [0.1, 0.15) is 24.8 Å². The normalized spacial score (nSPS) is 14.8. The fraction of sp³-hybridized carbons (Fsp3) is 0.500. The minimum atomic E-state index is -0.118. The summed E-state index contributed by atoms with van der Waals surface area (Å²) < 4.78 is 0. The smallest absolute Gasteiger partial charge is 0.223 e. The van der Waals surface area contributed by atoms with Gasteiger partial charge in [0.05, 0.1) is 0 Å². The Hall–Kier alpha value is -1.75. The summed E-state index contributed by atoms with van der Waals surface area (Å²) in [4.78, 5) is 13.7. The number of nitrogens with one attached hydrogen (secondary N) is 1. The zero-order valence-corrected chi connectivity index (χ0v) is 10.9. The second-order valence-electron chi connectivity index (χ2n) is 4.84. The van der Waals surface area contributed by atoms with Crippen molar-refractivity contribution in [1.82, 2.24) is 10.2 Å². The Labute approximate surface area is 112 Å². The summed E-state index contributed by atoms with van der Waals surface area (Å²) >= 11 is 0. The van der Waals surface area contributed by atoms with Gasteiger partial charge in [-0.2, -0.15) is 0 Å². The van der Waals surface area contributed by atoms with E-state index in [1.54, 1.807) is 6.07 Å². The van der Waals surface area contributed by atoms with Crippen molar-refractivity contribution in [2.24, 2.45) is 0 Å². The van der Waals surface area contributed by atoms with E-state index in [0.717, 1.165) is 31.5 Å². The van der Waals surface area contributed by atoms with Gasteiger partial charge in [0, 0.05) is 32.6 Å². The Morgan fingerprint density at radius 3 is 2.63 bits per heavy atom. The fourth-order valence-corrected chi connectivity index (χ4v) is 2.23. The molecular weight excluding hydrogens is 244 g/mol. The zero-order valence-electron chi connectivity index (χ0n) is 10.9. The van der Waals surface area contributed by atoms with E-state index in [-0.39, 0.29) is 17.4 Å². The molecule has 0 unspecified atom stereocenters. The first kappa shape index (κ1) is 13.7. The molecule has 0 bridgehead atoms. The highest BCUT2D eigenvalue weighted by atomic mass is 16.3. The van der Waals surface area contributed by atoms with Crippen LogP contribution in [0.2, 0.25) is 0 Å². The summed E-state index contributed by atoms with van der Waals surface area (Å²) in [6.07, 6.45) is 2.74. The van der Waals surface area contributed by atoms with Crippen molar-refractivity contribution in [3.05, 3.63) is 23.8 Å². The van der Waals surface area contributed by atoms with Crippen LogP contribution in [-0.2, 0) is 11.3 Å². The number of carbonyl (C=O) groups excluding carboxylic acids is 1. The molecule has 5 heteroatoms. The maximum absolute atomic E-state index is 11.8. The highest BCUT2D eigenvalue weighted by molar-refractivity contribution is 5.76. The molecule has 3 N–H and O–H groups in total. The topological polar surface area (TPSA) is 72.8 Å². The first-order valence-corrected chi connectivity index (χ1v) is 6.66. The molecule has 1 amide bonds. The van der Waals surface area contributed by atoms with Crippen molar-refractivity contribution in [3.8, 4) is 11.5 Å². The molecule has 1 saturated heterocycles. The van der Waals surface area contributed by atoms with E-state index in [9.17, 15) is 15.0 Å². The number of amides is 1. The molecule has 0 aromatic heterocycles. The number of aromatic hydroxyl groups is 2. The average molecular weight is 264 g/mol. The minimum Gasteiger partial charge on any atom is -0.504 e. The van der Waals surface area contributed by atoms with Crippen LogP contribution in [0.15, 0.2) is 18.2 Å². The molecule has 0 saturated carbocycles. The molecule has 0 atom stereocenters. The van der Waals surface area contributed by atoms with Gasteiger partial charge in [0.25, 0.3) is 0 Å². The molecule has 0 radical (unpaired) electrons. The van der Waals surface area contributed by atoms with Crippen molar-refractivity contribution in [2.45, 2.75) is 25.8 Å². The van der Waals surface area contributed by atoms with E-state index in [1.807, 2.05) is 4.90 Å². The lowest BCUT2D eigenvalue weighted by atomic mass is 10.2. The molecule has 1 aromatic rings. The van der Waals surface area contributed by atoms with Crippen LogP contribution < -0.4 is 5.32 Å². The van der Waals surface area contributed by atoms with Gasteiger partial charge in [-0.1, -0.05) is 6.07 Å². The highest BCUT2D eigenvalue weighted by Gasteiger charge is 2.16. The number of phenols is 2. The summed E-state index contributed by atoms with van der Waals surface area (Å²) in [5, 5.41) is 21.7. The van der Waals surface area contributed by atoms with Gasteiger partial charge in [0.15, 0.2) is 11.5 Å². The molecule has 1 fully saturated rings. The standard InChI is InChI=1S/C14H20N2O3/c17-12-4-3-11(9-13(12)18)10-15-6-5-14(19)16-7-1-2-8-16/h3-4,9,15,17-18H,1-2,5-8,10H2. The third-order valence-electron chi connectivity index (χ3n) is 3.34. The van der Waals surface area contributed by atoms with E-state index in [2.05, 4.69) is 5.32 Å². The van der Waals surface area contributed by atoms with Crippen LogP contribution in [0.3, 0.4) is 0 Å². The molecule has 2 rings (SSSR count). The maximum Gasteiger partial charge on any atom is 0.223 e. The predicted octanol–water partition coefficient (Wildman–Crippen LogP) is 1.20. The summed E-state index contributed by atoms with van der Waals surface area (Å²) in [5.41, 5.74) is 0.879. The maximum atomic E-state index is 11.8. The van der Waals surface area contributed by atoms with E-state index in [0.29, 0.717) is 19.5 Å². The Morgan fingerprint density at radius 1 is 1.21 bits per heavy atom. The van der Waals surface area contributed by atoms with Crippen LogP contribution in [0.25, 0.3) is 0 Å². The molecule has 5 nitrogen and oxygen atoms in total.